The summed E-state index contributed by atoms with van der Waals surface area (Å²) in [5, 5.41) is 3.23. The number of hydrogen-bond acceptors (Lipinski definition) is 5. The highest BCUT2D eigenvalue weighted by molar-refractivity contribution is 5.37. The van der Waals surface area contributed by atoms with Crippen molar-refractivity contribution >= 4 is 0 Å². The zero-order chi connectivity index (χ0) is 31.9. The maximum Gasteiger partial charge on any atom is 0.416 e. The molecule has 4 aromatic rings. The number of ether oxygens (including phenoxy) is 1. The van der Waals surface area contributed by atoms with Gasteiger partial charge in [0.05, 0.1) is 29.9 Å². The topological polar surface area (TPSA) is 91.3 Å². The van der Waals surface area contributed by atoms with Gasteiger partial charge in [-0.3, -0.25) is 13.9 Å². The van der Waals surface area contributed by atoms with E-state index < -0.39 is 64.5 Å². The molecule has 1 fully saturated rings. The molecular formula is C33H31F5N4O3. The van der Waals surface area contributed by atoms with Crippen molar-refractivity contribution in [2.75, 3.05) is 13.1 Å². The number of halogens is 5. The first-order chi connectivity index (χ1) is 21.5. The Morgan fingerprint density at radius 1 is 0.933 bits per heavy atom. The zero-order valence-corrected chi connectivity index (χ0v) is 24.1. The summed E-state index contributed by atoms with van der Waals surface area (Å²) < 4.78 is 79.8. The number of nitrogens with zero attached hydrogens (tertiary/aromatic N) is 2. The molecule has 12 heteroatoms. The highest BCUT2D eigenvalue weighted by Crippen LogP contribution is 2.48. The molecule has 236 valence electrons. The molecule has 3 aromatic carbocycles. The van der Waals surface area contributed by atoms with Gasteiger partial charge in [-0.25, -0.2) is 13.6 Å². The summed E-state index contributed by atoms with van der Waals surface area (Å²) in [7, 11) is 0. The lowest BCUT2D eigenvalue weighted by atomic mass is 9.85. The van der Waals surface area contributed by atoms with E-state index in [1.54, 1.807) is 30.3 Å². The molecule has 2 atom stereocenters. The Hall–Kier alpha value is -4.13. The Kier molecular flexibility index (Phi) is 8.23. The van der Waals surface area contributed by atoms with Crippen molar-refractivity contribution in [2.45, 2.75) is 56.3 Å². The number of alkyl halides is 3. The molecule has 1 spiro atoms. The molecule has 0 amide bonds. The van der Waals surface area contributed by atoms with E-state index in [1.807, 2.05) is 0 Å². The quantitative estimate of drug-likeness (QED) is 0.284. The number of piperidine rings is 1. The SMILES string of the molecule is NC(Cn1c(=O)c2c(n(Cc3c(F)cccc3C(F)(F)F)c1=O)[C@@H](Cc1ccc(F)cc1)OC21CCNCC1)c1ccccc1. The maximum absolute atomic E-state index is 15.2. The Morgan fingerprint density at radius 2 is 1.62 bits per heavy atom. The van der Waals surface area contributed by atoms with Crippen LogP contribution in [0.15, 0.2) is 82.4 Å². The van der Waals surface area contributed by atoms with E-state index in [9.17, 15) is 27.2 Å². The number of nitrogens with two attached hydrogens (primary N) is 1. The number of hydrogen-bond donors (Lipinski definition) is 2. The van der Waals surface area contributed by atoms with E-state index >= 15 is 4.39 Å². The molecule has 0 saturated carbocycles. The van der Waals surface area contributed by atoms with Crippen LogP contribution in [0.5, 0.6) is 0 Å². The second-order valence-corrected chi connectivity index (χ2v) is 11.5. The van der Waals surface area contributed by atoms with Crippen molar-refractivity contribution in [1.82, 2.24) is 14.5 Å². The molecule has 6 rings (SSSR count). The fourth-order valence-electron chi connectivity index (χ4n) is 6.50. The van der Waals surface area contributed by atoms with Crippen molar-refractivity contribution in [3.63, 3.8) is 0 Å². The highest BCUT2D eigenvalue weighted by Gasteiger charge is 2.50. The maximum atomic E-state index is 15.2. The fraction of sp³-hybridized carbons (Fsp3) is 0.333. The molecule has 3 N–H and O–H groups in total. The minimum absolute atomic E-state index is 0.0946. The van der Waals surface area contributed by atoms with Crippen LogP contribution in [0, 0.1) is 11.6 Å². The van der Waals surface area contributed by atoms with E-state index in [2.05, 4.69) is 5.32 Å². The van der Waals surface area contributed by atoms with Crippen LogP contribution < -0.4 is 22.3 Å². The molecule has 45 heavy (non-hydrogen) atoms. The van der Waals surface area contributed by atoms with Gasteiger partial charge in [0.1, 0.15) is 23.3 Å². The molecule has 1 saturated heterocycles. The molecule has 0 aliphatic carbocycles. The van der Waals surface area contributed by atoms with Crippen molar-refractivity contribution < 1.29 is 26.7 Å². The number of nitrogens with one attached hydrogen (secondary N) is 1. The summed E-state index contributed by atoms with van der Waals surface area (Å²) in [6.07, 6.45) is -5.06. The first-order valence-corrected chi connectivity index (χ1v) is 14.6. The van der Waals surface area contributed by atoms with Crippen LogP contribution in [0.25, 0.3) is 0 Å². The van der Waals surface area contributed by atoms with Gasteiger partial charge in [-0.05, 0) is 61.3 Å². The summed E-state index contributed by atoms with van der Waals surface area (Å²) in [6.45, 7) is -0.108. The summed E-state index contributed by atoms with van der Waals surface area (Å²) >= 11 is 0. The minimum Gasteiger partial charge on any atom is -0.360 e. The summed E-state index contributed by atoms with van der Waals surface area (Å²) in [4.78, 5) is 28.6. The first kappa shape index (κ1) is 30.9. The molecule has 2 aliphatic rings. The predicted octanol–water partition coefficient (Wildman–Crippen LogP) is 4.95. The highest BCUT2D eigenvalue weighted by atomic mass is 19.4. The van der Waals surface area contributed by atoms with Gasteiger partial charge in [0.2, 0.25) is 0 Å². The Labute approximate surface area is 255 Å². The van der Waals surface area contributed by atoms with Gasteiger partial charge < -0.3 is 15.8 Å². The second kappa shape index (κ2) is 12.0. The Morgan fingerprint density at radius 3 is 2.29 bits per heavy atom. The normalized spacial score (nSPS) is 18.2. The molecule has 1 aromatic heterocycles. The number of rotatable bonds is 7. The third-order valence-corrected chi connectivity index (χ3v) is 8.69. The molecular weight excluding hydrogens is 595 g/mol. The monoisotopic (exact) mass is 626 g/mol. The first-order valence-electron chi connectivity index (χ1n) is 14.6. The van der Waals surface area contributed by atoms with Crippen LogP contribution in [-0.4, -0.2) is 22.2 Å². The van der Waals surface area contributed by atoms with Crippen LogP contribution >= 0.6 is 0 Å². The number of fused-ring (bicyclic) bond motifs is 2. The van der Waals surface area contributed by atoms with Gasteiger partial charge in [-0.2, -0.15) is 13.2 Å². The van der Waals surface area contributed by atoms with Gasteiger partial charge in [-0.15, -0.1) is 0 Å². The lowest BCUT2D eigenvalue weighted by Gasteiger charge is -2.34. The molecule has 3 heterocycles. The van der Waals surface area contributed by atoms with Gasteiger partial charge >= 0.3 is 11.9 Å². The lowest BCUT2D eigenvalue weighted by Crippen LogP contribution is -2.49. The van der Waals surface area contributed by atoms with Gasteiger partial charge in [0, 0.05) is 18.0 Å². The smallest absolute Gasteiger partial charge is 0.360 e. The molecule has 0 radical (unpaired) electrons. The molecule has 7 nitrogen and oxygen atoms in total. The van der Waals surface area contributed by atoms with Gasteiger partial charge in [0.15, 0.2) is 0 Å². The number of aromatic nitrogens is 2. The fourth-order valence-corrected chi connectivity index (χ4v) is 6.50. The van der Waals surface area contributed by atoms with Crippen LogP contribution in [0.4, 0.5) is 22.0 Å². The van der Waals surface area contributed by atoms with Crippen molar-refractivity contribution in [3.05, 3.63) is 139 Å². The average molecular weight is 627 g/mol. The average Bonchev–Trinajstić information content (AvgIpc) is 3.31. The van der Waals surface area contributed by atoms with Crippen molar-refractivity contribution in [1.29, 1.82) is 0 Å². The predicted molar refractivity (Wildman–Crippen MR) is 157 cm³/mol. The van der Waals surface area contributed by atoms with Crippen LogP contribution in [0.3, 0.4) is 0 Å². The van der Waals surface area contributed by atoms with Crippen LogP contribution in [0.1, 0.15) is 58.5 Å². The largest absolute Gasteiger partial charge is 0.416 e. The Bertz CT molecular complexity index is 1810. The van der Waals surface area contributed by atoms with E-state index in [1.165, 1.54) is 24.3 Å². The van der Waals surface area contributed by atoms with E-state index in [-0.39, 0.29) is 24.2 Å². The third-order valence-electron chi connectivity index (χ3n) is 8.69. The number of benzene rings is 3. The minimum atomic E-state index is -4.91. The van der Waals surface area contributed by atoms with Crippen LogP contribution in [-0.2, 0) is 36.0 Å². The Balaban J connectivity index is 1.59. The van der Waals surface area contributed by atoms with E-state index in [0.29, 0.717) is 37.1 Å². The lowest BCUT2D eigenvalue weighted by molar-refractivity contribution is -0.138. The van der Waals surface area contributed by atoms with E-state index in [4.69, 9.17) is 10.5 Å². The molecule has 0 bridgehead atoms. The van der Waals surface area contributed by atoms with Crippen LogP contribution in [0.2, 0.25) is 0 Å². The second-order valence-electron chi connectivity index (χ2n) is 11.5. The molecule has 2 aliphatic heterocycles. The summed E-state index contributed by atoms with van der Waals surface area (Å²) in [5.74, 6) is -1.61. The summed E-state index contributed by atoms with van der Waals surface area (Å²) in [5.41, 5.74) is 3.26. The van der Waals surface area contributed by atoms with Gasteiger partial charge in [-0.1, -0.05) is 48.5 Å². The standard InChI is InChI=1S/C33H31F5N4O3/c34-22-11-9-20(10-12-22)17-27-29-28(32(45-27)13-15-40-16-14-32)30(43)42(19-26(39)21-5-2-1-3-6-21)31(44)41(29)18-23-24(33(36,37)38)7-4-8-25(23)35/h1-12,26-27,40H,13-19,39H2/t26?,27-/m1/s1. The molecule has 1 unspecified atom stereocenters. The van der Waals surface area contributed by atoms with Gasteiger partial charge in [0.25, 0.3) is 5.56 Å². The van der Waals surface area contributed by atoms with Crippen molar-refractivity contribution in [3.8, 4) is 0 Å². The summed E-state index contributed by atoms with van der Waals surface area (Å²) in [6, 6.07) is 16.2. The van der Waals surface area contributed by atoms with Crippen molar-refractivity contribution in [2.24, 2.45) is 5.73 Å². The third kappa shape index (κ3) is 5.85. The van der Waals surface area contributed by atoms with E-state index in [0.717, 1.165) is 27.3 Å². The zero-order valence-electron chi connectivity index (χ0n) is 24.1.